The van der Waals surface area contributed by atoms with Crippen molar-refractivity contribution in [2.24, 2.45) is 0 Å². The van der Waals surface area contributed by atoms with E-state index < -0.39 is 0 Å². The van der Waals surface area contributed by atoms with Crippen LogP contribution in [0.15, 0.2) is 42.3 Å². The fourth-order valence-corrected chi connectivity index (χ4v) is 2.66. The van der Waals surface area contributed by atoms with Crippen molar-refractivity contribution in [3.05, 3.63) is 42.3 Å². The summed E-state index contributed by atoms with van der Waals surface area (Å²) in [6, 6.07) is 4.34. The molecule has 3 aromatic heterocycles. The minimum absolute atomic E-state index is 0.281. The molecule has 0 saturated carbocycles. The zero-order valence-electron chi connectivity index (χ0n) is 11.8. The number of hydrogen-bond acceptors (Lipinski definition) is 6. The molecule has 3 rings (SSSR count). The number of nitrogens with zero attached hydrogens (tertiary/aromatic N) is 4. The third-order valence-corrected chi connectivity index (χ3v) is 3.68. The molecule has 21 heavy (non-hydrogen) atoms. The Morgan fingerprint density at radius 3 is 2.71 bits per heavy atom. The Bertz CT molecular complexity index is 710. The lowest BCUT2D eigenvalue weighted by Crippen LogP contribution is -2.13. The molecule has 3 heterocycles. The molecule has 0 amide bonds. The molecule has 5 nitrogen and oxygen atoms in total. The molecule has 0 radical (unpaired) electrons. The van der Waals surface area contributed by atoms with E-state index in [0.717, 1.165) is 21.8 Å². The predicted octanol–water partition coefficient (Wildman–Crippen LogP) is 3.48. The van der Waals surface area contributed by atoms with Crippen LogP contribution in [0.4, 0.5) is 5.95 Å². The standard InChI is InChI=1S/C15H15N5S/c1-10(2)19-15-18-8-11(12-9-16-5-6-17-12)14(20-15)13-4-3-7-21-13/h3-10H,1-2H3,(H,18,19,20). The molecular formula is C15H15N5S. The predicted molar refractivity (Wildman–Crippen MR) is 85.1 cm³/mol. The van der Waals surface area contributed by atoms with Crippen LogP contribution in [0.25, 0.3) is 21.8 Å². The Morgan fingerprint density at radius 2 is 2.05 bits per heavy atom. The Hall–Kier alpha value is -2.34. The van der Waals surface area contributed by atoms with Gasteiger partial charge in [-0.05, 0) is 25.3 Å². The second kappa shape index (κ2) is 5.97. The summed E-state index contributed by atoms with van der Waals surface area (Å²) in [5.74, 6) is 0.626. The summed E-state index contributed by atoms with van der Waals surface area (Å²) in [4.78, 5) is 18.6. The van der Waals surface area contributed by atoms with Crippen LogP contribution in [0.5, 0.6) is 0 Å². The minimum atomic E-state index is 0.281. The summed E-state index contributed by atoms with van der Waals surface area (Å²) in [5, 5.41) is 5.27. The molecule has 106 valence electrons. The van der Waals surface area contributed by atoms with Crippen molar-refractivity contribution in [1.82, 2.24) is 19.9 Å². The first-order valence-electron chi connectivity index (χ1n) is 6.68. The molecule has 0 fully saturated rings. The molecule has 0 atom stereocenters. The van der Waals surface area contributed by atoms with E-state index in [4.69, 9.17) is 0 Å². The molecule has 6 heteroatoms. The van der Waals surface area contributed by atoms with Gasteiger partial charge in [-0.15, -0.1) is 11.3 Å². The maximum atomic E-state index is 4.65. The van der Waals surface area contributed by atoms with E-state index in [1.165, 1.54) is 0 Å². The van der Waals surface area contributed by atoms with Gasteiger partial charge in [0.1, 0.15) is 0 Å². The number of nitrogens with one attached hydrogen (secondary N) is 1. The van der Waals surface area contributed by atoms with Crippen LogP contribution in [-0.4, -0.2) is 26.0 Å². The summed E-state index contributed by atoms with van der Waals surface area (Å²) in [6.07, 6.45) is 6.86. The van der Waals surface area contributed by atoms with Crippen LogP contribution in [0.2, 0.25) is 0 Å². The first-order valence-corrected chi connectivity index (χ1v) is 7.56. The largest absolute Gasteiger partial charge is 0.352 e. The first kappa shape index (κ1) is 13.6. The Kier molecular flexibility index (Phi) is 3.87. The lowest BCUT2D eigenvalue weighted by Gasteiger charge is -2.11. The number of anilines is 1. The topological polar surface area (TPSA) is 63.6 Å². The second-order valence-electron chi connectivity index (χ2n) is 4.82. The molecule has 0 aliphatic heterocycles. The normalized spacial score (nSPS) is 10.8. The van der Waals surface area contributed by atoms with Gasteiger partial charge < -0.3 is 5.32 Å². The lowest BCUT2D eigenvalue weighted by molar-refractivity contribution is 0.875. The van der Waals surface area contributed by atoms with Crippen LogP contribution in [0.3, 0.4) is 0 Å². The SMILES string of the molecule is CC(C)Nc1ncc(-c2cnccn2)c(-c2cccs2)n1. The molecule has 0 bridgehead atoms. The Morgan fingerprint density at radius 1 is 1.14 bits per heavy atom. The molecule has 0 spiro atoms. The van der Waals surface area contributed by atoms with E-state index in [1.54, 1.807) is 36.1 Å². The third kappa shape index (κ3) is 3.05. The van der Waals surface area contributed by atoms with Crippen molar-refractivity contribution in [3.8, 4) is 21.8 Å². The zero-order chi connectivity index (χ0) is 14.7. The average Bonchev–Trinajstić information content (AvgIpc) is 3.01. The van der Waals surface area contributed by atoms with Gasteiger partial charge in [0.25, 0.3) is 0 Å². The molecular weight excluding hydrogens is 282 g/mol. The van der Waals surface area contributed by atoms with E-state index in [0.29, 0.717) is 5.95 Å². The summed E-state index contributed by atoms with van der Waals surface area (Å²) in [7, 11) is 0. The van der Waals surface area contributed by atoms with E-state index in [-0.39, 0.29) is 6.04 Å². The smallest absolute Gasteiger partial charge is 0.223 e. The second-order valence-corrected chi connectivity index (χ2v) is 5.77. The van der Waals surface area contributed by atoms with E-state index >= 15 is 0 Å². The molecule has 0 aromatic carbocycles. The van der Waals surface area contributed by atoms with Crippen molar-refractivity contribution in [3.63, 3.8) is 0 Å². The van der Waals surface area contributed by atoms with Crippen molar-refractivity contribution in [1.29, 1.82) is 0 Å². The Balaban J connectivity index is 2.11. The summed E-state index contributed by atoms with van der Waals surface area (Å²) in [5.41, 5.74) is 2.54. The van der Waals surface area contributed by atoms with Crippen molar-refractivity contribution in [2.75, 3.05) is 5.32 Å². The van der Waals surface area contributed by atoms with Crippen LogP contribution >= 0.6 is 11.3 Å². The maximum Gasteiger partial charge on any atom is 0.223 e. The van der Waals surface area contributed by atoms with Crippen molar-refractivity contribution >= 4 is 17.3 Å². The molecule has 1 N–H and O–H groups in total. The number of rotatable bonds is 4. The van der Waals surface area contributed by atoms with Crippen molar-refractivity contribution in [2.45, 2.75) is 19.9 Å². The molecule has 0 aliphatic rings. The van der Waals surface area contributed by atoms with E-state index in [2.05, 4.69) is 39.1 Å². The number of hydrogen-bond donors (Lipinski definition) is 1. The van der Waals surface area contributed by atoms with Gasteiger partial charge in [-0.3, -0.25) is 9.97 Å². The van der Waals surface area contributed by atoms with E-state index in [9.17, 15) is 0 Å². The van der Waals surface area contributed by atoms with Gasteiger partial charge in [0.15, 0.2) is 0 Å². The van der Waals surface area contributed by atoms with Gasteiger partial charge in [-0.25, -0.2) is 9.97 Å². The van der Waals surface area contributed by atoms with Gasteiger partial charge in [0.2, 0.25) is 5.95 Å². The highest BCUT2D eigenvalue weighted by Gasteiger charge is 2.13. The fraction of sp³-hybridized carbons (Fsp3) is 0.200. The van der Waals surface area contributed by atoms with Crippen LogP contribution < -0.4 is 5.32 Å². The van der Waals surface area contributed by atoms with Gasteiger partial charge in [0.05, 0.1) is 22.5 Å². The number of aromatic nitrogens is 4. The molecule has 0 aliphatic carbocycles. The maximum absolute atomic E-state index is 4.65. The van der Waals surface area contributed by atoms with Gasteiger partial charge >= 0.3 is 0 Å². The highest BCUT2D eigenvalue weighted by Crippen LogP contribution is 2.32. The minimum Gasteiger partial charge on any atom is -0.352 e. The average molecular weight is 297 g/mol. The zero-order valence-corrected chi connectivity index (χ0v) is 12.6. The van der Waals surface area contributed by atoms with Gasteiger partial charge in [0, 0.05) is 30.2 Å². The van der Waals surface area contributed by atoms with Crippen molar-refractivity contribution < 1.29 is 0 Å². The van der Waals surface area contributed by atoms with Crippen LogP contribution in [-0.2, 0) is 0 Å². The third-order valence-electron chi connectivity index (χ3n) is 2.80. The summed E-state index contributed by atoms with van der Waals surface area (Å²) < 4.78 is 0. The van der Waals surface area contributed by atoms with Gasteiger partial charge in [-0.2, -0.15) is 0 Å². The van der Waals surface area contributed by atoms with Gasteiger partial charge in [-0.1, -0.05) is 6.07 Å². The number of thiophene rings is 1. The summed E-state index contributed by atoms with van der Waals surface area (Å²) >= 11 is 1.65. The molecule has 0 saturated heterocycles. The van der Waals surface area contributed by atoms with E-state index in [1.807, 2.05) is 17.5 Å². The monoisotopic (exact) mass is 297 g/mol. The fourth-order valence-electron chi connectivity index (χ4n) is 1.94. The van der Waals surface area contributed by atoms with Crippen LogP contribution in [0.1, 0.15) is 13.8 Å². The molecule has 3 aromatic rings. The quantitative estimate of drug-likeness (QED) is 0.798. The Labute approximate surface area is 127 Å². The van der Waals surface area contributed by atoms with Crippen LogP contribution in [0, 0.1) is 0 Å². The highest BCUT2D eigenvalue weighted by atomic mass is 32.1. The lowest BCUT2D eigenvalue weighted by atomic mass is 10.1. The highest BCUT2D eigenvalue weighted by molar-refractivity contribution is 7.13. The molecule has 0 unspecified atom stereocenters. The summed E-state index contributed by atoms with van der Waals surface area (Å²) in [6.45, 7) is 4.12. The first-order chi connectivity index (χ1) is 10.2.